The van der Waals surface area contributed by atoms with Gasteiger partial charge in [-0.2, -0.15) is 0 Å². The smallest absolute Gasteiger partial charge is 0.341 e. The summed E-state index contributed by atoms with van der Waals surface area (Å²) in [5, 5.41) is 12.9. The minimum Gasteiger partial charge on any atom is -0.477 e. The number of nitrogens with zero attached hydrogens (tertiary/aromatic N) is 1. The summed E-state index contributed by atoms with van der Waals surface area (Å²) in [7, 11) is 0. The fourth-order valence-corrected chi connectivity index (χ4v) is 4.29. The van der Waals surface area contributed by atoms with Crippen LogP contribution in [0.4, 0.5) is 4.39 Å². The molecule has 2 N–H and O–H groups in total. The second-order valence-electron chi connectivity index (χ2n) is 8.52. The van der Waals surface area contributed by atoms with E-state index in [4.69, 9.17) is 0 Å². The number of hydrogen-bond acceptors (Lipinski definition) is 3. The average Bonchev–Trinajstić information content (AvgIpc) is 3.47. The van der Waals surface area contributed by atoms with Gasteiger partial charge in [-0.15, -0.1) is 0 Å². The molecule has 0 atom stereocenters. The molecule has 0 radical (unpaired) electrons. The van der Waals surface area contributed by atoms with Crippen molar-refractivity contribution in [1.29, 1.82) is 0 Å². The maximum atomic E-state index is 15.1. The molecular formula is C23H21FN2O3. The molecule has 2 heterocycles. The summed E-state index contributed by atoms with van der Waals surface area (Å²) in [5.41, 5.74) is 2.92. The Morgan fingerprint density at radius 2 is 2.00 bits per heavy atom. The summed E-state index contributed by atoms with van der Waals surface area (Å²) < 4.78 is 16.9. The van der Waals surface area contributed by atoms with Crippen molar-refractivity contribution < 1.29 is 14.3 Å². The number of benzene rings is 2. The van der Waals surface area contributed by atoms with Crippen molar-refractivity contribution in [3.63, 3.8) is 0 Å². The molecule has 0 amide bonds. The van der Waals surface area contributed by atoms with Crippen molar-refractivity contribution in [3.8, 4) is 11.1 Å². The molecule has 1 aliphatic heterocycles. The lowest BCUT2D eigenvalue weighted by Gasteiger charge is -2.20. The van der Waals surface area contributed by atoms with Crippen molar-refractivity contribution >= 4 is 16.9 Å². The van der Waals surface area contributed by atoms with Gasteiger partial charge in [0, 0.05) is 35.3 Å². The summed E-state index contributed by atoms with van der Waals surface area (Å²) in [4.78, 5) is 24.1. The lowest BCUT2D eigenvalue weighted by Crippen LogP contribution is -2.28. The first-order valence-electron chi connectivity index (χ1n) is 9.77. The van der Waals surface area contributed by atoms with Crippen LogP contribution in [0.25, 0.3) is 22.0 Å². The number of nitrogens with one attached hydrogen (secondary N) is 1. The number of rotatable bonds is 3. The van der Waals surface area contributed by atoms with Gasteiger partial charge in [0.2, 0.25) is 5.43 Å². The number of aromatic nitrogens is 1. The average molecular weight is 392 g/mol. The molecule has 0 unspecified atom stereocenters. The first-order valence-corrected chi connectivity index (χ1v) is 9.77. The van der Waals surface area contributed by atoms with Crippen LogP contribution in [0.3, 0.4) is 0 Å². The van der Waals surface area contributed by atoms with Crippen molar-refractivity contribution in [1.82, 2.24) is 9.88 Å². The van der Waals surface area contributed by atoms with Gasteiger partial charge in [0.1, 0.15) is 11.4 Å². The molecule has 0 bridgehead atoms. The summed E-state index contributed by atoms with van der Waals surface area (Å²) in [6, 6.07) is 8.94. The summed E-state index contributed by atoms with van der Waals surface area (Å²) in [6.45, 7) is 4.97. The Labute approximate surface area is 166 Å². The van der Waals surface area contributed by atoms with Gasteiger partial charge in [-0.05, 0) is 61.6 Å². The highest BCUT2D eigenvalue weighted by atomic mass is 19.1. The molecule has 0 saturated heterocycles. The fraction of sp³-hybridized carbons (Fsp3) is 0.304. The van der Waals surface area contributed by atoms with E-state index in [1.54, 1.807) is 6.07 Å². The van der Waals surface area contributed by atoms with E-state index in [2.05, 4.69) is 19.2 Å². The summed E-state index contributed by atoms with van der Waals surface area (Å²) in [6.07, 6.45) is 3.24. The van der Waals surface area contributed by atoms with Crippen LogP contribution in [0.15, 0.2) is 41.3 Å². The lowest BCUT2D eigenvalue weighted by molar-refractivity contribution is 0.0695. The Morgan fingerprint density at radius 1 is 1.24 bits per heavy atom. The maximum absolute atomic E-state index is 15.1. The molecule has 3 aromatic rings. The van der Waals surface area contributed by atoms with E-state index in [0.717, 1.165) is 30.5 Å². The van der Waals surface area contributed by atoms with E-state index in [1.165, 1.54) is 17.8 Å². The van der Waals surface area contributed by atoms with Gasteiger partial charge in [-0.1, -0.05) is 12.1 Å². The highest BCUT2D eigenvalue weighted by Crippen LogP contribution is 2.39. The Kier molecular flexibility index (Phi) is 3.74. The first-order chi connectivity index (χ1) is 13.8. The number of hydrogen-bond donors (Lipinski definition) is 2. The van der Waals surface area contributed by atoms with Crippen molar-refractivity contribution in [2.24, 2.45) is 0 Å². The monoisotopic (exact) mass is 392 g/mol. The molecule has 1 fully saturated rings. The molecule has 148 valence electrons. The molecule has 5 nitrogen and oxygen atoms in total. The number of carbonyl (C=O) groups is 1. The van der Waals surface area contributed by atoms with Gasteiger partial charge < -0.3 is 15.0 Å². The van der Waals surface area contributed by atoms with Crippen LogP contribution in [0.1, 0.15) is 54.2 Å². The third kappa shape index (κ3) is 2.78. The van der Waals surface area contributed by atoms with E-state index < -0.39 is 17.2 Å². The molecule has 1 aliphatic carbocycles. The van der Waals surface area contributed by atoms with Crippen molar-refractivity contribution in [2.75, 3.05) is 0 Å². The number of carboxylic acid groups (broad SMARTS) is 1. The van der Waals surface area contributed by atoms with Gasteiger partial charge in [-0.3, -0.25) is 4.79 Å². The molecule has 6 heteroatoms. The summed E-state index contributed by atoms with van der Waals surface area (Å²) >= 11 is 0. The van der Waals surface area contributed by atoms with Crippen molar-refractivity contribution in [3.05, 3.63) is 69.3 Å². The first kappa shape index (κ1) is 18.1. The number of halogens is 1. The van der Waals surface area contributed by atoms with E-state index in [1.807, 2.05) is 22.8 Å². The van der Waals surface area contributed by atoms with Gasteiger partial charge in [0.25, 0.3) is 0 Å². The highest BCUT2D eigenvalue weighted by Gasteiger charge is 2.30. The SMILES string of the molecule is CC1(C)NCc2ccc(-c3cc4c(cc3F)c(=O)c(C(=O)O)cn4C3CC3)cc21. The second kappa shape index (κ2) is 6.00. The third-order valence-corrected chi connectivity index (χ3v) is 6.11. The second-order valence-corrected chi connectivity index (χ2v) is 8.52. The van der Waals surface area contributed by atoms with Crippen LogP contribution < -0.4 is 10.7 Å². The van der Waals surface area contributed by atoms with Crippen LogP contribution in [0.5, 0.6) is 0 Å². The third-order valence-electron chi connectivity index (χ3n) is 6.11. The topological polar surface area (TPSA) is 71.3 Å². The Bertz CT molecular complexity index is 1260. The predicted molar refractivity (Wildman–Crippen MR) is 109 cm³/mol. The predicted octanol–water partition coefficient (Wildman–Crippen LogP) is 4.18. The van der Waals surface area contributed by atoms with Gasteiger partial charge in [0.05, 0.1) is 5.52 Å². The van der Waals surface area contributed by atoms with E-state index in [9.17, 15) is 14.7 Å². The van der Waals surface area contributed by atoms with E-state index >= 15 is 4.39 Å². The van der Waals surface area contributed by atoms with Gasteiger partial charge in [-0.25, -0.2) is 9.18 Å². The van der Waals surface area contributed by atoms with Crippen LogP contribution >= 0.6 is 0 Å². The highest BCUT2D eigenvalue weighted by molar-refractivity contribution is 5.94. The number of carboxylic acids is 1. The zero-order valence-electron chi connectivity index (χ0n) is 16.3. The van der Waals surface area contributed by atoms with E-state index in [0.29, 0.717) is 11.1 Å². The number of aromatic carboxylic acids is 1. The Balaban J connectivity index is 1.76. The quantitative estimate of drug-likeness (QED) is 0.702. The minimum absolute atomic E-state index is 0.112. The zero-order valence-corrected chi connectivity index (χ0v) is 16.3. The molecular weight excluding hydrogens is 371 g/mol. The van der Waals surface area contributed by atoms with Crippen LogP contribution in [-0.4, -0.2) is 15.6 Å². The zero-order chi connectivity index (χ0) is 20.5. The largest absolute Gasteiger partial charge is 0.477 e. The lowest BCUT2D eigenvalue weighted by atomic mass is 9.91. The number of pyridine rings is 1. The normalized spacial score (nSPS) is 17.5. The summed E-state index contributed by atoms with van der Waals surface area (Å²) in [5.74, 6) is -1.81. The molecule has 1 saturated carbocycles. The van der Waals surface area contributed by atoms with Crippen LogP contribution in [-0.2, 0) is 12.1 Å². The van der Waals surface area contributed by atoms with E-state index in [-0.39, 0.29) is 22.5 Å². The maximum Gasteiger partial charge on any atom is 0.341 e. The molecule has 1 aromatic heterocycles. The fourth-order valence-electron chi connectivity index (χ4n) is 4.29. The minimum atomic E-state index is -1.29. The number of fused-ring (bicyclic) bond motifs is 2. The van der Waals surface area contributed by atoms with Crippen LogP contribution in [0.2, 0.25) is 0 Å². The molecule has 5 rings (SSSR count). The molecule has 2 aromatic carbocycles. The molecule has 2 aliphatic rings. The van der Waals surface area contributed by atoms with Crippen LogP contribution in [0, 0.1) is 5.82 Å². The standard InChI is InChI=1S/C23H21FN2O3/c1-23(2)18-7-12(3-4-13(18)10-25-23)15-9-20-16(8-19(15)24)21(27)17(22(28)29)11-26(20)14-5-6-14/h3-4,7-9,11,14,25H,5-6,10H2,1-2H3,(H,28,29). The molecule has 29 heavy (non-hydrogen) atoms. The molecule has 0 spiro atoms. The van der Waals surface area contributed by atoms with Gasteiger partial charge in [0.15, 0.2) is 0 Å². The van der Waals surface area contributed by atoms with Gasteiger partial charge >= 0.3 is 5.97 Å². The Morgan fingerprint density at radius 3 is 2.69 bits per heavy atom. The van der Waals surface area contributed by atoms with Crippen molar-refractivity contribution in [2.45, 2.75) is 44.8 Å². The Hall–Kier alpha value is -2.99.